The van der Waals surface area contributed by atoms with E-state index in [-0.39, 0.29) is 0 Å². The van der Waals surface area contributed by atoms with Crippen molar-refractivity contribution in [1.29, 1.82) is 0 Å². The summed E-state index contributed by atoms with van der Waals surface area (Å²) in [6, 6.07) is 8.89. The Bertz CT molecular complexity index is 361. The van der Waals surface area contributed by atoms with Crippen molar-refractivity contribution < 1.29 is 4.79 Å². The van der Waals surface area contributed by atoms with Crippen LogP contribution in [-0.2, 0) is 4.79 Å². The monoisotopic (exact) mass is 203 g/mol. The van der Waals surface area contributed by atoms with Crippen LogP contribution in [0.15, 0.2) is 24.3 Å². The molecule has 0 bridgehead atoms. The summed E-state index contributed by atoms with van der Waals surface area (Å²) < 4.78 is 0. The number of nitrogens with zero attached hydrogens (tertiary/aromatic N) is 1. The predicted molar refractivity (Wildman–Crippen MR) is 62.3 cm³/mol. The first-order valence-electron chi connectivity index (χ1n) is 5.58. The summed E-state index contributed by atoms with van der Waals surface area (Å²) >= 11 is 0. The summed E-state index contributed by atoms with van der Waals surface area (Å²) in [7, 11) is 0. The lowest BCUT2D eigenvalue weighted by Crippen LogP contribution is -2.34. The SMILES string of the molecule is CCC1C(C)c2ccccc2N1CC=O. The van der Waals surface area contributed by atoms with E-state index in [1.807, 2.05) is 6.07 Å². The maximum Gasteiger partial charge on any atom is 0.139 e. The number of para-hydroxylation sites is 1. The molecule has 2 heteroatoms. The lowest BCUT2D eigenvalue weighted by Gasteiger charge is -2.26. The first kappa shape index (κ1) is 10.2. The van der Waals surface area contributed by atoms with Crippen LogP contribution < -0.4 is 4.90 Å². The maximum atomic E-state index is 10.7. The van der Waals surface area contributed by atoms with E-state index in [0.29, 0.717) is 18.5 Å². The summed E-state index contributed by atoms with van der Waals surface area (Å²) in [5.74, 6) is 0.533. The number of carbonyl (C=O) groups excluding carboxylic acids is 1. The highest BCUT2D eigenvalue weighted by molar-refractivity contribution is 5.68. The van der Waals surface area contributed by atoms with Crippen LogP contribution in [0, 0.1) is 0 Å². The Morgan fingerprint density at radius 3 is 2.80 bits per heavy atom. The van der Waals surface area contributed by atoms with Gasteiger partial charge in [0.05, 0.1) is 6.54 Å². The molecule has 2 nitrogen and oxygen atoms in total. The smallest absolute Gasteiger partial charge is 0.139 e. The Morgan fingerprint density at radius 1 is 1.40 bits per heavy atom. The number of carbonyl (C=O) groups is 1. The first-order valence-corrected chi connectivity index (χ1v) is 5.58. The second-order valence-corrected chi connectivity index (χ2v) is 4.14. The van der Waals surface area contributed by atoms with Gasteiger partial charge in [-0.2, -0.15) is 0 Å². The predicted octanol–water partition coefficient (Wildman–Crippen LogP) is 2.59. The number of anilines is 1. The fourth-order valence-corrected chi connectivity index (χ4v) is 2.68. The van der Waals surface area contributed by atoms with Gasteiger partial charge < -0.3 is 9.69 Å². The van der Waals surface area contributed by atoms with Crippen molar-refractivity contribution >= 4 is 12.0 Å². The number of benzene rings is 1. The van der Waals surface area contributed by atoms with Crippen molar-refractivity contribution in [1.82, 2.24) is 0 Å². The van der Waals surface area contributed by atoms with E-state index in [1.54, 1.807) is 0 Å². The van der Waals surface area contributed by atoms with Crippen LogP contribution in [0.1, 0.15) is 31.7 Å². The molecule has 0 aliphatic carbocycles. The fourth-order valence-electron chi connectivity index (χ4n) is 2.68. The van der Waals surface area contributed by atoms with Crippen molar-refractivity contribution in [3.05, 3.63) is 29.8 Å². The van der Waals surface area contributed by atoms with Gasteiger partial charge in [-0.25, -0.2) is 0 Å². The minimum absolute atomic E-state index is 0.479. The summed E-state index contributed by atoms with van der Waals surface area (Å²) in [6.07, 6.45) is 2.08. The molecular weight excluding hydrogens is 186 g/mol. The third kappa shape index (κ3) is 1.54. The Hall–Kier alpha value is -1.31. The Kier molecular flexibility index (Phi) is 2.76. The zero-order valence-electron chi connectivity index (χ0n) is 9.31. The van der Waals surface area contributed by atoms with E-state index in [4.69, 9.17) is 0 Å². The van der Waals surface area contributed by atoms with E-state index in [1.165, 1.54) is 11.3 Å². The molecular formula is C13H17NO. The molecule has 2 rings (SSSR count). The summed E-state index contributed by atoms with van der Waals surface area (Å²) in [5, 5.41) is 0. The standard InChI is InChI=1S/C13H17NO/c1-3-12-10(2)11-6-4-5-7-13(11)14(12)8-9-15/h4-7,9-10,12H,3,8H2,1-2H3. The second-order valence-electron chi connectivity index (χ2n) is 4.14. The molecule has 0 fully saturated rings. The highest BCUT2D eigenvalue weighted by Crippen LogP contribution is 2.41. The van der Waals surface area contributed by atoms with E-state index in [9.17, 15) is 4.79 Å². The lowest BCUT2D eigenvalue weighted by molar-refractivity contribution is -0.106. The molecule has 0 N–H and O–H groups in total. The molecule has 1 aliphatic heterocycles. The number of rotatable bonds is 3. The average molecular weight is 203 g/mol. The number of aldehydes is 1. The molecule has 2 atom stereocenters. The third-order valence-electron chi connectivity index (χ3n) is 3.40. The van der Waals surface area contributed by atoms with Crippen molar-refractivity contribution in [2.24, 2.45) is 0 Å². The van der Waals surface area contributed by atoms with Gasteiger partial charge in [-0.05, 0) is 18.1 Å². The van der Waals surface area contributed by atoms with E-state index < -0.39 is 0 Å². The Morgan fingerprint density at radius 2 is 2.13 bits per heavy atom. The van der Waals surface area contributed by atoms with Crippen LogP contribution in [0.4, 0.5) is 5.69 Å². The van der Waals surface area contributed by atoms with Crippen LogP contribution in [0.25, 0.3) is 0 Å². The average Bonchev–Trinajstić information content (AvgIpc) is 2.54. The van der Waals surface area contributed by atoms with Gasteiger partial charge in [-0.15, -0.1) is 0 Å². The molecule has 1 aromatic rings. The number of hydrogen-bond donors (Lipinski definition) is 0. The van der Waals surface area contributed by atoms with Crippen LogP contribution in [0.3, 0.4) is 0 Å². The molecule has 1 aromatic carbocycles. The van der Waals surface area contributed by atoms with Gasteiger partial charge in [0.15, 0.2) is 0 Å². The van der Waals surface area contributed by atoms with Gasteiger partial charge >= 0.3 is 0 Å². The molecule has 0 radical (unpaired) electrons. The van der Waals surface area contributed by atoms with Crippen molar-refractivity contribution in [2.75, 3.05) is 11.4 Å². The zero-order chi connectivity index (χ0) is 10.8. The van der Waals surface area contributed by atoms with Crippen LogP contribution in [-0.4, -0.2) is 18.9 Å². The molecule has 2 unspecified atom stereocenters. The van der Waals surface area contributed by atoms with E-state index in [0.717, 1.165) is 12.7 Å². The molecule has 1 aliphatic rings. The highest BCUT2D eigenvalue weighted by atomic mass is 16.1. The number of hydrogen-bond acceptors (Lipinski definition) is 2. The molecule has 1 heterocycles. The maximum absolute atomic E-state index is 10.7. The van der Waals surface area contributed by atoms with Crippen molar-refractivity contribution in [3.8, 4) is 0 Å². The Balaban J connectivity index is 2.40. The van der Waals surface area contributed by atoms with E-state index >= 15 is 0 Å². The summed E-state index contributed by atoms with van der Waals surface area (Å²) in [5.41, 5.74) is 2.62. The van der Waals surface area contributed by atoms with Crippen molar-refractivity contribution in [2.45, 2.75) is 32.2 Å². The zero-order valence-corrected chi connectivity index (χ0v) is 9.31. The minimum Gasteiger partial charge on any atom is -0.361 e. The van der Waals surface area contributed by atoms with Gasteiger partial charge in [-0.3, -0.25) is 0 Å². The van der Waals surface area contributed by atoms with Crippen LogP contribution >= 0.6 is 0 Å². The quantitative estimate of drug-likeness (QED) is 0.704. The van der Waals surface area contributed by atoms with Gasteiger partial charge in [0.2, 0.25) is 0 Å². The lowest BCUT2D eigenvalue weighted by atomic mass is 9.96. The van der Waals surface area contributed by atoms with Gasteiger partial charge in [-0.1, -0.05) is 32.0 Å². The molecule has 0 aromatic heterocycles. The van der Waals surface area contributed by atoms with Crippen molar-refractivity contribution in [3.63, 3.8) is 0 Å². The summed E-state index contributed by atoms with van der Waals surface area (Å²) in [6.45, 7) is 4.95. The third-order valence-corrected chi connectivity index (χ3v) is 3.40. The molecule has 15 heavy (non-hydrogen) atoms. The molecule has 0 saturated carbocycles. The molecule has 80 valence electrons. The largest absolute Gasteiger partial charge is 0.361 e. The van der Waals surface area contributed by atoms with Gasteiger partial charge in [0, 0.05) is 17.6 Å². The second kappa shape index (κ2) is 4.05. The highest BCUT2D eigenvalue weighted by Gasteiger charge is 2.33. The van der Waals surface area contributed by atoms with E-state index in [2.05, 4.69) is 36.9 Å². The molecule has 0 spiro atoms. The van der Waals surface area contributed by atoms with Crippen LogP contribution in [0.5, 0.6) is 0 Å². The summed E-state index contributed by atoms with van der Waals surface area (Å²) in [4.78, 5) is 12.9. The fraction of sp³-hybridized carbons (Fsp3) is 0.462. The Labute approximate surface area is 90.9 Å². The topological polar surface area (TPSA) is 20.3 Å². The number of fused-ring (bicyclic) bond motifs is 1. The minimum atomic E-state index is 0.479. The van der Waals surface area contributed by atoms with Gasteiger partial charge in [0.1, 0.15) is 6.29 Å². The normalized spacial score (nSPS) is 24.0. The first-order chi connectivity index (χ1) is 7.29. The van der Waals surface area contributed by atoms with Crippen LogP contribution in [0.2, 0.25) is 0 Å². The van der Waals surface area contributed by atoms with Gasteiger partial charge in [0.25, 0.3) is 0 Å². The molecule has 0 amide bonds. The molecule has 0 saturated heterocycles.